The van der Waals surface area contributed by atoms with Crippen molar-refractivity contribution in [2.45, 2.75) is 13.5 Å². The van der Waals surface area contributed by atoms with Gasteiger partial charge in [-0.25, -0.2) is 9.97 Å². The van der Waals surface area contributed by atoms with Gasteiger partial charge in [-0.15, -0.1) is 0 Å². The normalized spacial score (nSPS) is 11.0. The number of fused-ring (bicyclic) bond motifs is 2. The summed E-state index contributed by atoms with van der Waals surface area (Å²) in [6.45, 7) is 2.71. The summed E-state index contributed by atoms with van der Waals surface area (Å²) in [5, 5.41) is 5.39. The number of carbonyl (C=O) groups is 1. The molecule has 0 aliphatic carbocycles. The van der Waals surface area contributed by atoms with Gasteiger partial charge in [0.25, 0.3) is 5.91 Å². The Balaban J connectivity index is 1.46. The number of aryl methyl sites for hydroxylation is 1. The van der Waals surface area contributed by atoms with E-state index in [0.717, 1.165) is 34.2 Å². The zero-order valence-corrected chi connectivity index (χ0v) is 17.0. The van der Waals surface area contributed by atoms with Crippen molar-refractivity contribution in [1.82, 2.24) is 14.6 Å². The Morgan fingerprint density at radius 3 is 2.71 bits per heavy atom. The molecular weight excluding hydrogens is 386 g/mol. The molecule has 0 saturated heterocycles. The topological polar surface area (TPSA) is 71.8 Å². The molecule has 0 aliphatic heterocycles. The maximum absolute atomic E-state index is 13.1. The summed E-state index contributed by atoms with van der Waals surface area (Å²) in [6, 6.07) is 23.9. The summed E-state index contributed by atoms with van der Waals surface area (Å²) in [5.41, 5.74) is 8.28. The second kappa shape index (κ2) is 7.91. The van der Waals surface area contributed by atoms with E-state index in [-0.39, 0.29) is 5.91 Å². The molecule has 0 bridgehead atoms. The molecule has 6 heteroatoms. The van der Waals surface area contributed by atoms with Gasteiger partial charge in [0, 0.05) is 34.9 Å². The molecule has 31 heavy (non-hydrogen) atoms. The largest absolute Gasteiger partial charge is 0.380 e. The SMILES string of the molecule is Cc1cc2c(NCc3ccccc3)cccc2n1NC(=O)c1cccc2cncnc12. The molecule has 152 valence electrons. The number of amides is 1. The molecule has 5 aromatic rings. The van der Waals surface area contributed by atoms with Crippen LogP contribution in [0.15, 0.2) is 85.3 Å². The number of para-hydroxylation sites is 1. The van der Waals surface area contributed by atoms with Crippen molar-refractivity contribution >= 4 is 33.4 Å². The number of nitrogens with zero attached hydrogens (tertiary/aromatic N) is 3. The van der Waals surface area contributed by atoms with Crippen LogP contribution < -0.4 is 10.7 Å². The molecule has 0 unspecified atom stereocenters. The van der Waals surface area contributed by atoms with Gasteiger partial charge in [0.1, 0.15) is 6.33 Å². The molecule has 0 atom stereocenters. The van der Waals surface area contributed by atoms with E-state index in [9.17, 15) is 4.79 Å². The van der Waals surface area contributed by atoms with E-state index in [1.165, 1.54) is 11.9 Å². The van der Waals surface area contributed by atoms with Crippen molar-refractivity contribution in [3.8, 4) is 0 Å². The zero-order valence-electron chi connectivity index (χ0n) is 17.0. The quantitative estimate of drug-likeness (QED) is 0.435. The van der Waals surface area contributed by atoms with Crippen LogP contribution in [0.25, 0.3) is 21.8 Å². The molecule has 0 spiro atoms. The second-order valence-corrected chi connectivity index (χ2v) is 7.41. The van der Waals surface area contributed by atoms with E-state index < -0.39 is 0 Å². The number of aromatic nitrogens is 3. The van der Waals surface area contributed by atoms with Crippen molar-refractivity contribution in [2.75, 3.05) is 10.7 Å². The number of nitrogens with one attached hydrogen (secondary N) is 2. The van der Waals surface area contributed by atoms with Gasteiger partial charge in [-0.2, -0.15) is 0 Å². The first kappa shape index (κ1) is 18.8. The minimum absolute atomic E-state index is 0.215. The highest BCUT2D eigenvalue weighted by atomic mass is 16.2. The fourth-order valence-electron chi connectivity index (χ4n) is 3.82. The highest BCUT2D eigenvalue weighted by Crippen LogP contribution is 2.27. The van der Waals surface area contributed by atoms with Crippen molar-refractivity contribution in [3.05, 3.63) is 102 Å². The van der Waals surface area contributed by atoms with E-state index in [1.807, 2.05) is 54.1 Å². The van der Waals surface area contributed by atoms with Crippen molar-refractivity contribution in [1.29, 1.82) is 0 Å². The van der Waals surface area contributed by atoms with E-state index >= 15 is 0 Å². The van der Waals surface area contributed by atoms with Gasteiger partial charge in [-0.05, 0) is 36.8 Å². The summed E-state index contributed by atoms with van der Waals surface area (Å²) in [4.78, 5) is 21.4. The lowest BCUT2D eigenvalue weighted by Crippen LogP contribution is -2.24. The van der Waals surface area contributed by atoms with Crippen LogP contribution in [0.4, 0.5) is 5.69 Å². The molecular formula is C25H21N5O. The van der Waals surface area contributed by atoms with E-state index in [4.69, 9.17) is 0 Å². The third kappa shape index (κ3) is 3.59. The number of anilines is 1. The minimum Gasteiger partial charge on any atom is -0.380 e. The molecule has 0 saturated carbocycles. The summed E-state index contributed by atoms with van der Waals surface area (Å²) in [6.07, 6.45) is 3.17. The standard InChI is InChI=1S/C25H21N5O/c1-17-13-21-22(27-14-18-7-3-2-4-8-18)11-6-12-23(21)30(17)29-25(31)20-10-5-9-19-15-26-16-28-24(19)20/h2-13,15-16,27H,14H2,1H3,(H,29,31). The molecule has 6 nitrogen and oxygen atoms in total. The Labute approximate surface area is 179 Å². The van der Waals surface area contributed by atoms with Gasteiger partial charge in [0.2, 0.25) is 0 Å². The van der Waals surface area contributed by atoms with Crippen LogP contribution in [0.3, 0.4) is 0 Å². The average Bonchev–Trinajstić information content (AvgIpc) is 3.13. The van der Waals surface area contributed by atoms with Crippen LogP contribution in [0, 0.1) is 6.92 Å². The smallest absolute Gasteiger partial charge is 0.272 e. The van der Waals surface area contributed by atoms with Gasteiger partial charge in [0.05, 0.1) is 16.6 Å². The first-order chi connectivity index (χ1) is 15.2. The summed E-state index contributed by atoms with van der Waals surface area (Å²) in [5.74, 6) is -0.215. The van der Waals surface area contributed by atoms with Crippen molar-refractivity contribution < 1.29 is 4.79 Å². The van der Waals surface area contributed by atoms with Crippen LogP contribution in [-0.2, 0) is 6.54 Å². The van der Waals surface area contributed by atoms with Crippen molar-refractivity contribution in [2.24, 2.45) is 0 Å². The Bertz CT molecular complexity index is 1390. The van der Waals surface area contributed by atoms with Gasteiger partial charge >= 0.3 is 0 Å². The van der Waals surface area contributed by atoms with Crippen LogP contribution in [0.5, 0.6) is 0 Å². The Morgan fingerprint density at radius 2 is 1.84 bits per heavy atom. The minimum atomic E-state index is -0.215. The Hall–Kier alpha value is -4.19. The van der Waals surface area contributed by atoms with Gasteiger partial charge in [-0.3, -0.25) is 14.9 Å². The molecule has 2 heterocycles. The average molecular weight is 407 g/mol. The lowest BCUT2D eigenvalue weighted by atomic mass is 10.1. The zero-order chi connectivity index (χ0) is 21.2. The number of hydrogen-bond donors (Lipinski definition) is 2. The highest BCUT2D eigenvalue weighted by Gasteiger charge is 2.15. The maximum Gasteiger partial charge on any atom is 0.272 e. The molecule has 5 rings (SSSR count). The first-order valence-corrected chi connectivity index (χ1v) is 10.1. The van der Waals surface area contributed by atoms with E-state index in [0.29, 0.717) is 11.1 Å². The van der Waals surface area contributed by atoms with E-state index in [2.05, 4.69) is 45.0 Å². The lowest BCUT2D eigenvalue weighted by Gasteiger charge is -2.12. The molecule has 3 aromatic carbocycles. The third-order valence-corrected chi connectivity index (χ3v) is 5.35. The third-order valence-electron chi connectivity index (χ3n) is 5.35. The maximum atomic E-state index is 13.1. The Morgan fingerprint density at radius 1 is 1.00 bits per heavy atom. The van der Waals surface area contributed by atoms with Crippen LogP contribution >= 0.6 is 0 Å². The fraction of sp³-hybridized carbons (Fsp3) is 0.0800. The van der Waals surface area contributed by atoms with Gasteiger partial charge < -0.3 is 5.32 Å². The van der Waals surface area contributed by atoms with Crippen LogP contribution in [-0.4, -0.2) is 20.6 Å². The molecule has 2 aromatic heterocycles. The number of rotatable bonds is 5. The first-order valence-electron chi connectivity index (χ1n) is 10.1. The summed E-state index contributed by atoms with van der Waals surface area (Å²) in [7, 11) is 0. The number of benzene rings is 3. The number of carbonyl (C=O) groups excluding carboxylic acids is 1. The molecule has 0 aliphatic rings. The lowest BCUT2D eigenvalue weighted by molar-refractivity contribution is 0.101. The summed E-state index contributed by atoms with van der Waals surface area (Å²) < 4.78 is 1.82. The number of hydrogen-bond acceptors (Lipinski definition) is 4. The van der Waals surface area contributed by atoms with Crippen LogP contribution in [0.1, 0.15) is 21.6 Å². The predicted molar refractivity (Wildman–Crippen MR) is 124 cm³/mol. The molecule has 0 fully saturated rings. The fourth-order valence-corrected chi connectivity index (χ4v) is 3.82. The second-order valence-electron chi connectivity index (χ2n) is 7.41. The molecule has 2 N–H and O–H groups in total. The summed E-state index contributed by atoms with van der Waals surface area (Å²) >= 11 is 0. The molecule has 1 amide bonds. The predicted octanol–water partition coefficient (Wildman–Crippen LogP) is 4.89. The van der Waals surface area contributed by atoms with Gasteiger partial charge in [-0.1, -0.05) is 48.5 Å². The van der Waals surface area contributed by atoms with E-state index in [1.54, 1.807) is 12.3 Å². The monoisotopic (exact) mass is 407 g/mol. The van der Waals surface area contributed by atoms with Crippen LogP contribution in [0.2, 0.25) is 0 Å². The molecule has 0 radical (unpaired) electrons. The van der Waals surface area contributed by atoms with Crippen molar-refractivity contribution in [3.63, 3.8) is 0 Å². The highest BCUT2D eigenvalue weighted by molar-refractivity contribution is 6.09. The van der Waals surface area contributed by atoms with Gasteiger partial charge in [0.15, 0.2) is 0 Å². The Kier molecular flexibility index (Phi) is 4.80.